The lowest BCUT2D eigenvalue weighted by Gasteiger charge is -2.24. The fourth-order valence-electron chi connectivity index (χ4n) is 7.86. The number of rotatable bonds is 22. The number of aromatic nitrogens is 4. The Morgan fingerprint density at radius 3 is 1.51 bits per heavy atom. The number of ether oxygens (including phenoxy) is 2. The molecule has 1 atom stereocenters. The number of thioether (sulfide) groups is 1. The van der Waals surface area contributed by atoms with Gasteiger partial charge in [0.2, 0.25) is 33.1 Å². The largest absolute Gasteiger partial charge is 0.466 e. The van der Waals surface area contributed by atoms with Gasteiger partial charge in [-0.2, -0.15) is 29.1 Å². The number of sulfone groups is 1. The first-order valence-corrected chi connectivity index (χ1v) is 26.4. The standard InChI is InChI=1S/C22H30N6O6S.C22H30N6O4S.BH2P/c1-3-34-18(29)9-12-27(15-17-8-6-7-16(13-17)14-26-10-4-5-11-26)21-19(28(30)31)20(23)24-22(25-21)35(2,32)33;1-3-32-18(29)9-12-27(21-19(28(30)31)20(23)24-22(25-21)33-2)15-17-8-6-7-16(13-17)14-26-10-4-5-11-26;1-2/h6-8,13H,3-5,9-12,14-15H2,1-2H3,(H2,23,24,25);6-8,13H,3-5,9-12,14-15H2,1-2H3,(H2,23,24,25);2H2. The molecule has 2 aliphatic rings. The number of likely N-dealkylation sites (tertiary alicyclic amines) is 2. The minimum atomic E-state index is -3.91. The second kappa shape index (κ2) is 28.2. The van der Waals surface area contributed by atoms with Crippen LogP contribution in [0.5, 0.6) is 0 Å². The number of nitrogens with two attached hydrogens (primary N) is 2. The molecule has 2 radical (unpaired) electrons. The number of nitrogens with zero attached hydrogens (tertiary/aromatic N) is 10. The van der Waals surface area contributed by atoms with E-state index in [1.807, 2.05) is 45.5 Å². The number of hydrogen-bond donors (Lipinski definition) is 2. The van der Waals surface area contributed by atoms with Crippen LogP contribution in [0.4, 0.5) is 34.6 Å². The van der Waals surface area contributed by atoms with E-state index in [-0.39, 0.29) is 74.8 Å². The second-order valence-electron chi connectivity index (χ2n) is 16.2. The van der Waals surface area contributed by atoms with Gasteiger partial charge in [-0.25, -0.2) is 8.42 Å². The number of hydrogen-bond acceptors (Lipinski definition) is 21. The summed E-state index contributed by atoms with van der Waals surface area (Å²) in [4.78, 5) is 70.4. The monoisotopic (exact) mass is 1020 g/mol. The minimum Gasteiger partial charge on any atom is -0.466 e. The smallest absolute Gasteiger partial charge is 0.353 e. The van der Waals surface area contributed by atoms with E-state index in [0.29, 0.717) is 11.7 Å². The van der Waals surface area contributed by atoms with Crippen LogP contribution in [0.15, 0.2) is 58.8 Å². The highest BCUT2D eigenvalue weighted by molar-refractivity contribution is 7.98. The maximum Gasteiger partial charge on any atom is 0.353 e. The number of esters is 2. The molecule has 22 nitrogen and oxygen atoms in total. The third-order valence-corrected chi connectivity index (χ3v) is 12.3. The van der Waals surface area contributed by atoms with Gasteiger partial charge in [-0.15, -0.1) is 0 Å². The van der Waals surface area contributed by atoms with Crippen molar-refractivity contribution >= 4 is 84.9 Å². The van der Waals surface area contributed by atoms with Crippen LogP contribution in [0, 0.1) is 20.2 Å². The fourth-order valence-corrected chi connectivity index (χ4v) is 8.74. The number of anilines is 4. The summed E-state index contributed by atoms with van der Waals surface area (Å²) in [6.07, 6.45) is 7.42. The summed E-state index contributed by atoms with van der Waals surface area (Å²) < 4.78 is 34.3. The van der Waals surface area contributed by atoms with Gasteiger partial charge in [-0.3, -0.25) is 39.6 Å². The quantitative estimate of drug-likeness (QED) is 0.0196. The summed E-state index contributed by atoms with van der Waals surface area (Å²) in [5.41, 5.74) is 14.8. The topological polar surface area (TPSA) is 290 Å². The van der Waals surface area contributed by atoms with E-state index in [1.54, 1.807) is 25.0 Å². The molecular formula is C44H62BN12O10PS2. The lowest BCUT2D eigenvalue weighted by atomic mass is 10.1. The van der Waals surface area contributed by atoms with E-state index in [9.17, 15) is 38.2 Å². The molecule has 2 saturated heterocycles. The molecule has 0 spiro atoms. The molecule has 26 heteroatoms. The predicted molar refractivity (Wildman–Crippen MR) is 273 cm³/mol. The molecular weight excluding hydrogens is 962 g/mol. The first-order valence-electron chi connectivity index (χ1n) is 22.6. The van der Waals surface area contributed by atoms with E-state index in [1.165, 1.54) is 47.9 Å². The number of benzene rings is 2. The van der Waals surface area contributed by atoms with Crippen molar-refractivity contribution < 1.29 is 37.3 Å². The van der Waals surface area contributed by atoms with Gasteiger partial charge in [0.1, 0.15) is 0 Å². The molecule has 4 aromatic rings. The Kier molecular flexibility index (Phi) is 22.9. The molecule has 4 N–H and O–H groups in total. The van der Waals surface area contributed by atoms with Crippen molar-refractivity contribution in [3.05, 3.63) is 91.0 Å². The van der Waals surface area contributed by atoms with Crippen LogP contribution in [0.25, 0.3) is 0 Å². The molecule has 1 unspecified atom stereocenters. The molecule has 2 aliphatic heterocycles. The highest BCUT2D eigenvalue weighted by Gasteiger charge is 2.31. The lowest BCUT2D eigenvalue weighted by Crippen LogP contribution is -2.29. The van der Waals surface area contributed by atoms with Crippen LogP contribution in [-0.4, -0.2) is 132 Å². The zero-order valence-corrected chi connectivity index (χ0v) is 42.8. The van der Waals surface area contributed by atoms with Gasteiger partial charge in [0.15, 0.2) is 5.16 Å². The van der Waals surface area contributed by atoms with Gasteiger partial charge in [0, 0.05) is 45.5 Å². The molecule has 0 saturated carbocycles. The van der Waals surface area contributed by atoms with Crippen molar-refractivity contribution in [3.8, 4) is 0 Å². The van der Waals surface area contributed by atoms with E-state index >= 15 is 0 Å². The van der Waals surface area contributed by atoms with Crippen molar-refractivity contribution in [2.45, 2.75) is 88.9 Å². The van der Waals surface area contributed by atoms with E-state index in [4.69, 9.17) is 20.9 Å². The third kappa shape index (κ3) is 17.3. The molecule has 2 aromatic carbocycles. The molecule has 4 heterocycles. The van der Waals surface area contributed by atoms with Crippen molar-refractivity contribution in [2.75, 3.05) is 86.3 Å². The van der Waals surface area contributed by atoms with E-state index in [0.717, 1.165) is 62.2 Å². The van der Waals surface area contributed by atoms with Crippen LogP contribution in [-0.2, 0) is 55.1 Å². The Balaban J connectivity index is 0.000000295. The normalized spacial score (nSPS) is 13.6. The summed E-state index contributed by atoms with van der Waals surface area (Å²) in [6.45, 7) is 10.5. The lowest BCUT2D eigenvalue weighted by molar-refractivity contribution is -0.383. The zero-order chi connectivity index (χ0) is 51.4. The van der Waals surface area contributed by atoms with Crippen LogP contribution >= 0.6 is 20.9 Å². The average molecular weight is 1020 g/mol. The summed E-state index contributed by atoms with van der Waals surface area (Å²) in [6, 6.07) is 15.9. The van der Waals surface area contributed by atoms with Gasteiger partial charge < -0.3 is 30.7 Å². The summed E-state index contributed by atoms with van der Waals surface area (Å²) in [5.74, 6) is -1.79. The van der Waals surface area contributed by atoms with Crippen LogP contribution in [0.2, 0.25) is 0 Å². The minimum absolute atomic E-state index is 0.00428. The Bertz CT molecular complexity index is 2520. The highest BCUT2D eigenvalue weighted by atomic mass is 32.2. The first-order chi connectivity index (χ1) is 33.5. The predicted octanol–water partition coefficient (Wildman–Crippen LogP) is 5.12. The number of nitro groups is 2. The maximum atomic E-state index is 12.1. The summed E-state index contributed by atoms with van der Waals surface area (Å²) in [7, 11) is 2.43. The summed E-state index contributed by atoms with van der Waals surface area (Å²) in [5, 5.41) is 23.3. The van der Waals surface area contributed by atoms with Crippen molar-refractivity contribution in [3.63, 3.8) is 0 Å². The van der Waals surface area contributed by atoms with Crippen molar-refractivity contribution in [1.29, 1.82) is 0 Å². The SMILES string of the molecule is CCOC(=O)CCN(Cc1cccc(CN2CCCC2)c1)c1nc(S(C)(=O)=O)nc(N)c1[N+](=O)[O-].CCOC(=O)CCN(Cc1cccc(CN2CCCC2)c1)c1nc(SC)nc(N)c1[N+](=O)[O-].[B]P. The highest BCUT2D eigenvalue weighted by Crippen LogP contribution is 2.35. The molecule has 2 aromatic heterocycles. The van der Waals surface area contributed by atoms with Crippen molar-refractivity contribution in [2.24, 2.45) is 0 Å². The number of nitrogen functional groups attached to an aromatic ring is 2. The summed E-state index contributed by atoms with van der Waals surface area (Å²) >= 11 is 1.25. The molecule has 378 valence electrons. The zero-order valence-electron chi connectivity index (χ0n) is 40.0. The van der Waals surface area contributed by atoms with Crippen molar-refractivity contribution in [1.82, 2.24) is 29.7 Å². The molecule has 0 aliphatic carbocycles. The number of carbonyl (C=O) groups is 2. The van der Waals surface area contributed by atoms with Crippen LogP contribution in [0.1, 0.15) is 74.6 Å². The second-order valence-corrected chi connectivity index (χ2v) is 18.9. The van der Waals surface area contributed by atoms with Crippen LogP contribution < -0.4 is 21.3 Å². The Morgan fingerprint density at radius 1 is 0.729 bits per heavy atom. The third-order valence-electron chi connectivity index (χ3n) is 10.9. The Hall–Kier alpha value is -5.75. The average Bonchev–Trinajstić information content (AvgIpc) is 4.04. The molecule has 0 amide bonds. The molecule has 2 fully saturated rings. The first kappa shape index (κ1) is 56.8. The molecule has 0 bridgehead atoms. The fraction of sp³-hybridized carbons (Fsp3) is 0.500. The van der Waals surface area contributed by atoms with Gasteiger partial charge in [0.05, 0.1) is 43.5 Å². The number of carbonyl (C=O) groups excluding carboxylic acids is 2. The Morgan fingerprint density at radius 2 is 1.13 bits per heavy atom. The van der Waals surface area contributed by atoms with Crippen LogP contribution in [0.3, 0.4) is 0 Å². The van der Waals surface area contributed by atoms with E-state index in [2.05, 4.69) is 49.4 Å². The van der Waals surface area contributed by atoms with E-state index < -0.39 is 42.3 Å². The Labute approximate surface area is 416 Å². The molecule has 70 heavy (non-hydrogen) atoms. The maximum absolute atomic E-state index is 12.1. The van der Waals surface area contributed by atoms with Gasteiger partial charge in [-0.05, 0) is 94.2 Å². The van der Waals surface area contributed by atoms with Gasteiger partial charge in [0.25, 0.3) is 5.16 Å². The van der Waals surface area contributed by atoms with Gasteiger partial charge >= 0.3 is 23.3 Å². The molecule has 6 rings (SSSR count). The van der Waals surface area contributed by atoms with Gasteiger partial charge in [-0.1, -0.05) is 60.3 Å².